The van der Waals surface area contributed by atoms with E-state index in [1.54, 1.807) is 0 Å². The second-order valence-corrected chi connectivity index (χ2v) is 22.2. The number of H-pyrrole nitrogens is 2. The summed E-state index contributed by atoms with van der Waals surface area (Å²) in [4.78, 5) is 19.2. The maximum atomic E-state index is 5.75. The number of allylic oxidation sites excluding steroid dienone is 3. The first-order valence-corrected chi connectivity index (χ1v) is 21.9. The maximum absolute atomic E-state index is 5.75. The Morgan fingerprint density at radius 2 is 0.949 bits per heavy atom. The zero-order valence-corrected chi connectivity index (χ0v) is 37.1. The molecule has 300 valence electrons. The minimum absolute atomic E-state index is 0.0146. The summed E-state index contributed by atoms with van der Waals surface area (Å²) in [5.41, 5.74) is 21.2. The summed E-state index contributed by atoms with van der Waals surface area (Å²) in [6.45, 7) is 27.8. The fourth-order valence-electron chi connectivity index (χ4n) is 10.4. The molecule has 3 aliphatic carbocycles. The van der Waals surface area contributed by atoms with Gasteiger partial charge >= 0.3 is 0 Å². The first-order chi connectivity index (χ1) is 27.7. The van der Waals surface area contributed by atoms with Crippen LogP contribution in [0.3, 0.4) is 0 Å². The van der Waals surface area contributed by atoms with E-state index in [0.29, 0.717) is 23.7 Å². The molecule has 0 saturated heterocycles. The van der Waals surface area contributed by atoms with Crippen LogP contribution in [0.25, 0.3) is 68.1 Å². The van der Waals surface area contributed by atoms with Crippen molar-refractivity contribution in [2.45, 2.75) is 117 Å². The highest BCUT2D eigenvalue weighted by molar-refractivity contribution is 5.99. The fraction of sp³-hybridized carbons (Fsp3) is 0.382. The smallest absolute Gasteiger partial charge is 0.0740 e. The Hall–Kier alpha value is -5.22. The van der Waals surface area contributed by atoms with Crippen LogP contribution in [0, 0.1) is 17.8 Å². The molecule has 3 aromatic heterocycles. The summed E-state index contributed by atoms with van der Waals surface area (Å²) in [6.07, 6.45) is 13.2. The van der Waals surface area contributed by atoms with Gasteiger partial charge in [0.1, 0.15) is 0 Å². The fourth-order valence-corrected chi connectivity index (χ4v) is 10.4. The molecule has 5 aromatic rings. The van der Waals surface area contributed by atoms with Gasteiger partial charge in [0.2, 0.25) is 0 Å². The van der Waals surface area contributed by atoms with Crippen molar-refractivity contribution >= 4 is 45.9 Å². The summed E-state index contributed by atoms with van der Waals surface area (Å²) in [5.74, 6) is 1.85. The Bertz CT molecular complexity index is 2790. The number of nitrogens with one attached hydrogen (secondary N) is 2. The number of benzene rings is 2. The average molecular weight is 777 g/mol. The van der Waals surface area contributed by atoms with Crippen molar-refractivity contribution in [3.63, 3.8) is 0 Å². The van der Waals surface area contributed by atoms with E-state index in [0.717, 1.165) is 56.0 Å². The number of hydrogen-bond acceptors (Lipinski definition) is 2. The van der Waals surface area contributed by atoms with Crippen molar-refractivity contribution in [3.8, 4) is 22.3 Å². The molecule has 2 aliphatic heterocycles. The van der Waals surface area contributed by atoms with Crippen LogP contribution in [0.1, 0.15) is 146 Å². The van der Waals surface area contributed by atoms with Gasteiger partial charge in [-0.05, 0) is 133 Å². The van der Waals surface area contributed by atoms with Gasteiger partial charge < -0.3 is 9.97 Å². The highest BCUT2D eigenvalue weighted by Crippen LogP contribution is 2.64. The molecule has 0 spiro atoms. The number of nitrogens with zero attached hydrogens (tertiary/aromatic N) is 2. The van der Waals surface area contributed by atoms with E-state index in [-0.39, 0.29) is 21.7 Å². The zero-order chi connectivity index (χ0) is 41.6. The predicted octanol–water partition coefficient (Wildman–Crippen LogP) is 14.5. The molecule has 1 fully saturated rings. The highest BCUT2D eigenvalue weighted by Gasteiger charge is 2.54. The Labute approximate surface area is 351 Å². The summed E-state index contributed by atoms with van der Waals surface area (Å²) < 4.78 is 0. The highest BCUT2D eigenvalue weighted by atomic mass is 14.8. The Kier molecular flexibility index (Phi) is 8.15. The van der Waals surface area contributed by atoms with Gasteiger partial charge in [-0.25, -0.2) is 9.97 Å². The minimum atomic E-state index is -0.0148. The number of aromatic amines is 2. The van der Waals surface area contributed by atoms with E-state index in [2.05, 4.69) is 190 Å². The molecule has 2 N–H and O–H groups in total. The topological polar surface area (TPSA) is 57.4 Å². The Morgan fingerprint density at radius 1 is 0.492 bits per heavy atom. The lowest BCUT2D eigenvalue weighted by molar-refractivity contribution is 0.513. The van der Waals surface area contributed by atoms with E-state index in [9.17, 15) is 0 Å². The zero-order valence-electron chi connectivity index (χ0n) is 37.1. The van der Waals surface area contributed by atoms with Gasteiger partial charge in [0, 0.05) is 44.7 Å². The molecule has 1 saturated carbocycles. The molecule has 4 heteroatoms. The van der Waals surface area contributed by atoms with Crippen molar-refractivity contribution in [2.75, 3.05) is 0 Å². The summed E-state index contributed by atoms with van der Waals surface area (Å²) in [7, 11) is 0. The third-order valence-corrected chi connectivity index (χ3v) is 13.8. The SMILES string of the molecule is CC(C)(C)c1cc(-c2c3nc(c4c5nc(c(-c6cc(C(C)(C)C)cc(C(C)(C)C)c6)c6ccc(cc7ccc2[nH]7)[nH]6)C=C5C2C5C=CC(C5)C42)C=C3)cc(C(C)(C)C)c1. The first-order valence-electron chi connectivity index (χ1n) is 21.9. The molecule has 4 unspecified atom stereocenters. The van der Waals surface area contributed by atoms with Crippen LogP contribution in [-0.2, 0) is 21.7 Å². The van der Waals surface area contributed by atoms with Crippen molar-refractivity contribution in [1.29, 1.82) is 0 Å². The quantitative estimate of drug-likeness (QED) is 0.136. The van der Waals surface area contributed by atoms with Crippen molar-refractivity contribution in [3.05, 3.63) is 129 Å². The third kappa shape index (κ3) is 6.32. The molecule has 59 heavy (non-hydrogen) atoms. The molecule has 10 rings (SSSR count). The number of fused-ring (bicyclic) bond motifs is 15. The number of hydrogen-bond donors (Lipinski definition) is 2. The standard InChI is InChI=1S/C55H60N4/c1-52(2,3)34-22-32(23-35(26-34)53(4,5)6)47-41-17-15-38(56-41)28-39-16-18-42(57-39)48(33-24-36(54(7,8)9)27-37(25-33)55(10,11)12)45-29-40-46-30-13-14-31(21-30)49(46)50(51(40)59-45)44-20-19-43(47)58-44/h13-20,22-31,46,49,56-57H,21H2,1-12H3. The summed E-state index contributed by atoms with van der Waals surface area (Å²) >= 11 is 0. The molecule has 10 bridgehead atoms. The van der Waals surface area contributed by atoms with E-state index in [1.807, 2.05) is 0 Å². The van der Waals surface area contributed by atoms with E-state index in [4.69, 9.17) is 9.97 Å². The van der Waals surface area contributed by atoms with Crippen LogP contribution in [0.5, 0.6) is 0 Å². The lowest BCUT2D eigenvalue weighted by Crippen LogP contribution is -2.16. The molecule has 5 heterocycles. The van der Waals surface area contributed by atoms with E-state index in [1.165, 1.54) is 50.9 Å². The van der Waals surface area contributed by atoms with Gasteiger partial charge in [0.25, 0.3) is 0 Å². The number of rotatable bonds is 2. The third-order valence-electron chi connectivity index (χ3n) is 13.8. The molecule has 0 amide bonds. The van der Waals surface area contributed by atoms with Gasteiger partial charge in [-0.1, -0.05) is 132 Å². The average Bonchev–Trinajstić information content (AvgIpc) is 3.99. The van der Waals surface area contributed by atoms with Gasteiger partial charge in [-0.15, -0.1) is 0 Å². The first kappa shape index (κ1) is 38.0. The van der Waals surface area contributed by atoms with Crippen LogP contribution in [-0.4, -0.2) is 19.9 Å². The van der Waals surface area contributed by atoms with Gasteiger partial charge in [-0.2, -0.15) is 0 Å². The Balaban J connectivity index is 1.32. The molecule has 0 radical (unpaired) electrons. The van der Waals surface area contributed by atoms with Crippen molar-refractivity contribution in [1.82, 2.24) is 19.9 Å². The predicted molar refractivity (Wildman–Crippen MR) is 250 cm³/mol. The molecule has 4 atom stereocenters. The van der Waals surface area contributed by atoms with E-state index >= 15 is 0 Å². The van der Waals surface area contributed by atoms with Crippen LogP contribution in [0.2, 0.25) is 0 Å². The molecule has 5 aliphatic rings. The molecular formula is C55H60N4. The second kappa shape index (κ2) is 12.6. The van der Waals surface area contributed by atoms with Crippen LogP contribution in [0.4, 0.5) is 0 Å². The molecule has 4 nitrogen and oxygen atoms in total. The molecule has 2 aromatic carbocycles. The maximum Gasteiger partial charge on any atom is 0.0740 e. The lowest BCUT2D eigenvalue weighted by atomic mass is 9.78. The largest absolute Gasteiger partial charge is 0.355 e. The van der Waals surface area contributed by atoms with Gasteiger partial charge in [0.05, 0.1) is 22.8 Å². The van der Waals surface area contributed by atoms with Crippen molar-refractivity contribution < 1.29 is 0 Å². The number of aromatic nitrogens is 4. The lowest BCUT2D eigenvalue weighted by Gasteiger charge is -2.26. The summed E-state index contributed by atoms with van der Waals surface area (Å²) in [6, 6.07) is 25.6. The molecular weight excluding hydrogens is 717 g/mol. The Morgan fingerprint density at radius 3 is 1.44 bits per heavy atom. The van der Waals surface area contributed by atoms with Crippen LogP contribution in [0.15, 0.2) is 78.9 Å². The van der Waals surface area contributed by atoms with Crippen LogP contribution >= 0.6 is 0 Å². The van der Waals surface area contributed by atoms with Crippen molar-refractivity contribution in [2.24, 2.45) is 17.8 Å². The van der Waals surface area contributed by atoms with Gasteiger partial charge in [0.15, 0.2) is 0 Å². The van der Waals surface area contributed by atoms with Crippen LogP contribution < -0.4 is 0 Å². The minimum Gasteiger partial charge on any atom is -0.355 e. The van der Waals surface area contributed by atoms with Gasteiger partial charge in [-0.3, -0.25) is 0 Å². The summed E-state index contributed by atoms with van der Waals surface area (Å²) in [5, 5.41) is 0. The monoisotopic (exact) mass is 776 g/mol. The second-order valence-electron chi connectivity index (χ2n) is 22.2. The van der Waals surface area contributed by atoms with E-state index < -0.39 is 0 Å². The normalized spacial score (nSPS) is 20.8.